The Kier molecular flexibility index (Phi) is 5.68. The maximum atomic E-state index is 12.3. The molecular formula is C19H19ClN2O3. The number of rotatable bonds is 5. The van der Waals surface area contributed by atoms with Gasteiger partial charge < -0.3 is 10.1 Å². The quantitative estimate of drug-likeness (QED) is 0.803. The molecule has 1 fully saturated rings. The minimum atomic E-state index is -0.557. The van der Waals surface area contributed by atoms with E-state index in [-0.39, 0.29) is 18.5 Å². The minimum absolute atomic E-state index is 0.0383. The third kappa shape index (κ3) is 4.81. The molecule has 0 aliphatic carbocycles. The van der Waals surface area contributed by atoms with Crippen LogP contribution in [0, 0.1) is 0 Å². The maximum absolute atomic E-state index is 12.3. The molecular weight excluding hydrogens is 340 g/mol. The van der Waals surface area contributed by atoms with Crippen LogP contribution in [0.5, 0.6) is 0 Å². The van der Waals surface area contributed by atoms with Crippen molar-refractivity contribution in [3.8, 4) is 0 Å². The monoisotopic (exact) mass is 358 g/mol. The Morgan fingerprint density at radius 2 is 1.84 bits per heavy atom. The van der Waals surface area contributed by atoms with Gasteiger partial charge >= 0.3 is 5.97 Å². The summed E-state index contributed by atoms with van der Waals surface area (Å²) in [4.78, 5) is 24.3. The van der Waals surface area contributed by atoms with Crippen molar-refractivity contribution in [3.05, 3.63) is 70.7 Å². The summed E-state index contributed by atoms with van der Waals surface area (Å²) in [5.41, 5.74) is 1.96. The lowest BCUT2D eigenvalue weighted by Gasteiger charge is -2.29. The highest BCUT2D eigenvalue weighted by Gasteiger charge is 2.33. The fourth-order valence-electron chi connectivity index (χ4n) is 2.68. The van der Waals surface area contributed by atoms with Gasteiger partial charge in [-0.3, -0.25) is 14.9 Å². The first-order valence-corrected chi connectivity index (χ1v) is 8.48. The fourth-order valence-corrected chi connectivity index (χ4v) is 2.81. The lowest BCUT2D eigenvalue weighted by molar-refractivity contribution is -0.153. The number of amides is 1. The van der Waals surface area contributed by atoms with Crippen molar-refractivity contribution in [2.24, 2.45) is 0 Å². The smallest absolute Gasteiger partial charge is 0.323 e. The van der Waals surface area contributed by atoms with Gasteiger partial charge in [-0.15, -0.1) is 0 Å². The van der Waals surface area contributed by atoms with Crippen molar-refractivity contribution >= 4 is 23.5 Å². The van der Waals surface area contributed by atoms with E-state index in [2.05, 4.69) is 10.6 Å². The fraction of sp³-hybridized carbons (Fsp3) is 0.263. The molecule has 0 saturated carbocycles. The first-order valence-electron chi connectivity index (χ1n) is 8.10. The number of ether oxygens (including phenoxy) is 1. The van der Waals surface area contributed by atoms with Crippen molar-refractivity contribution in [2.45, 2.75) is 25.0 Å². The second-order valence-electron chi connectivity index (χ2n) is 5.94. The van der Waals surface area contributed by atoms with Crippen molar-refractivity contribution in [1.82, 2.24) is 10.6 Å². The highest BCUT2D eigenvalue weighted by atomic mass is 35.5. The SMILES string of the molecule is O=C(NCc1ccccc1)[C@@H]1COC(=O)[C@H](Cc2ccc(Cl)cc2)N1. The van der Waals surface area contributed by atoms with Crippen molar-refractivity contribution in [3.63, 3.8) is 0 Å². The van der Waals surface area contributed by atoms with Gasteiger partial charge in [-0.05, 0) is 29.7 Å². The van der Waals surface area contributed by atoms with E-state index < -0.39 is 12.1 Å². The molecule has 0 unspecified atom stereocenters. The molecule has 2 atom stereocenters. The van der Waals surface area contributed by atoms with Gasteiger partial charge in [0.15, 0.2) is 0 Å². The second-order valence-corrected chi connectivity index (χ2v) is 6.37. The number of halogens is 1. The number of nitrogens with one attached hydrogen (secondary N) is 2. The van der Waals surface area contributed by atoms with Crippen LogP contribution >= 0.6 is 11.6 Å². The van der Waals surface area contributed by atoms with Crippen LogP contribution in [0.1, 0.15) is 11.1 Å². The van der Waals surface area contributed by atoms with Gasteiger partial charge in [-0.2, -0.15) is 0 Å². The molecule has 2 N–H and O–H groups in total. The molecule has 0 spiro atoms. The summed E-state index contributed by atoms with van der Waals surface area (Å²) < 4.78 is 5.18. The maximum Gasteiger partial charge on any atom is 0.323 e. The van der Waals surface area contributed by atoms with E-state index in [1.807, 2.05) is 42.5 Å². The van der Waals surface area contributed by atoms with Crippen LogP contribution in [0.4, 0.5) is 0 Å². The normalized spacial score (nSPS) is 20.0. The van der Waals surface area contributed by atoms with Crippen LogP contribution in [-0.4, -0.2) is 30.6 Å². The molecule has 6 heteroatoms. The van der Waals surface area contributed by atoms with E-state index in [0.29, 0.717) is 18.0 Å². The van der Waals surface area contributed by atoms with Gasteiger partial charge in [0.25, 0.3) is 0 Å². The average Bonchev–Trinajstić information content (AvgIpc) is 2.64. The van der Waals surface area contributed by atoms with Crippen molar-refractivity contribution in [2.75, 3.05) is 6.61 Å². The van der Waals surface area contributed by atoms with Gasteiger partial charge in [-0.1, -0.05) is 54.1 Å². The van der Waals surface area contributed by atoms with Crippen molar-refractivity contribution < 1.29 is 14.3 Å². The zero-order chi connectivity index (χ0) is 17.6. The van der Waals surface area contributed by atoms with Crippen molar-refractivity contribution in [1.29, 1.82) is 0 Å². The summed E-state index contributed by atoms with van der Waals surface area (Å²) in [5.74, 6) is -0.528. The Morgan fingerprint density at radius 3 is 2.56 bits per heavy atom. The van der Waals surface area contributed by atoms with E-state index in [1.54, 1.807) is 12.1 Å². The predicted molar refractivity (Wildman–Crippen MR) is 95.1 cm³/mol. The van der Waals surface area contributed by atoms with Crippen LogP contribution in [0.3, 0.4) is 0 Å². The Hall–Kier alpha value is -2.37. The molecule has 5 nitrogen and oxygen atoms in total. The number of cyclic esters (lactones) is 1. The van der Waals surface area contributed by atoms with E-state index in [4.69, 9.17) is 16.3 Å². The van der Waals surface area contributed by atoms with E-state index in [9.17, 15) is 9.59 Å². The molecule has 1 aliphatic heterocycles. The number of hydrogen-bond donors (Lipinski definition) is 2. The van der Waals surface area contributed by atoms with Gasteiger partial charge in [0.1, 0.15) is 18.7 Å². The summed E-state index contributed by atoms with van der Waals surface area (Å²) in [6.45, 7) is 0.476. The molecule has 2 aromatic carbocycles. The first-order chi connectivity index (χ1) is 12.1. The first kappa shape index (κ1) is 17.5. The van der Waals surface area contributed by atoms with Crippen LogP contribution in [0.15, 0.2) is 54.6 Å². The molecule has 1 saturated heterocycles. The number of morpholine rings is 1. The Balaban J connectivity index is 1.56. The third-order valence-electron chi connectivity index (χ3n) is 4.06. The largest absolute Gasteiger partial charge is 0.462 e. The molecule has 2 aromatic rings. The molecule has 0 bridgehead atoms. The second kappa shape index (κ2) is 8.14. The Morgan fingerprint density at radius 1 is 1.12 bits per heavy atom. The number of esters is 1. The van der Waals surface area contributed by atoms with E-state index in [0.717, 1.165) is 11.1 Å². The van der Waals surface area contributed by atoms with E-state index in [1.165, 1.54) is 0 Å². The molecule has 1 heterocycles. The molecule has 3 rings (SSSR count). The van der Waals surface area contributed by atoms with Crippen LogP contribution in [-0.2, 0) is 27.3 Å². The molecule has 25 heavy (non-hydrogen) atoms. The Bertz CT molecular complexity index is 734. The summed E-state index contributed by atoms with van der Waals surface area (Å²) in [6.07, 6.45) is 0.443. The van der Waals surface area contributed by atoms with Crippen LogP contribution in [0.25, 0.3) is 0 Å². The Labute approximate surface area is 151 Å². The van der Waals surface area contributed by atoms with Gasteiger partial charge in [-0.25, -0.2) is 0 Å². The van der Waals surface area contributed by atoms with Gasteiger partial charge in [0.05, 0.1) is 0 Å². The molecule has 1 amide bonds. The highest BCUT2D eigenvalue weighted by molar-refractivity contribution is 6.30. The number of hydrogen-bond acceptors (Lipinski definition) is 4. The molecule has 1 aliphatic rings. The van der Waals surface area contributed by atoms with E-state index >= 15 is 0 Å². The molecule has 130 valence electrons. The zero-order valence-corrected chi connectivity index (χ0v) is 14.3. The van der Waals surface area contributed by atoms with Gasteiger partial charge in [0.2, 0.25) is 5.91 Å². The number of carbonyl (C=O) groups excluding carboxylic acids is 2. The number of benzene rings is 2. The standard InChI is InChI=1S/C19H19ClN2O3/c20-15-8-6-13(7-9-15)10-16-19(24)25-12-17(22-16)18(23)21-11-14-4-2-1-3-5-14/h1-9,16-17,22H,10-12H2,(H,21,23)/t16-,17-/m0/s1. The molecule has 0 radical (unpaired) electrons. The zero-order valence-electron chi connectivity index (χ0n) is 13.6. The average molecular weight is 359 g/mol. The minimum Gasteiger partial charge on any atom is -0.462 e. The summed E-state index contributed by atoms with van der Waals surface area (Å²) >= 11 is 5.87. The third-order valence-corrected chi connectivity index (χ3v) is 4.31. The van der Waals surface area contributed by atoms with Gasteiger partial charge in [0, 0.05) is 11.6 Å². The highest BCUT2D eigenvalue weighted by Crippen LogP contribution is 2.13. The summed E-state index contributed by atoms with van der Waals surface area (Å²) in [5, 5.41) is 6.59. The summed E-state index contributed by atoms with van der Waals surface area (Å²) in [7, 11) is 0. The van der Waals surface area contributed by atoms with Crippen LogP contribution < -0.4 is 10.6 Å². The lowest BCUT2D eigenvalue weighted by Crippen LogP contribution is -2.58. The number of carbonyl (C=O) groups is 2. The lowest BCUT2D eigenvalue weighted by atomic mass is 10.0. The summed E-state index contributed by atoms with van der Waals surface area (Å²) in [6, 6.07) is 15.8. The topological polar surface area (TPSA) is 67.4 Å². The van der Waals surface area contributed by atoms with Crippen LogP contribution in [0.2, 0.25) is 5.02 Å². The molecule has 0 aromatic heterocycles. The predicted octanol–water partition coefficient (Wildman–Crippen LogP) is 2.08.